The normalized spacial score (nSPS) is 10.1. The summed E-state index contributed by atoms with van der Waals surface area (Å²) in [5.41, 5.74) is 7.06. The van der Waals surface area contributed by atoms with Crippen LogP contribution in [-0.2, 0) is 11.3 Å². The summed E-state index contributed by atoms with van der Waals surface area (Å²) in [6.45, 7) is 3.85. The lowest BCUT2D eigenvalue weighted by atomic mass is 10.4. The second kappa shape index (κ2) is 5.42. The van der Waals surface area contributed by atoms with Crippen LogP contribution >= 0.6 is 0 Å². The van der Waals surface area contributed by atoms with E-state index in [4.69, 9.17) is 15.7 Å². The Morgan fingerprint density at radius 2 is 2.25 bits per heavy atom. The minimum Gasteiger partial charge on any atom is -0.396 e. The summed E-state index contributed by atoms with van der Waals surface area (Å²) >= 11 is 0. The fourth-order valence-corrected chi connectivity index (χ4v) is 1.68. The van der Waals surface area contributed by atoms with Crippen LogP contribution in [0.1, 0.15) is 12.6 Å². The van der Waals surface area contributed by atoms with Crippen LogP contribution in [-0.4, -0.2) is 31.9 Å². The minimum absolute atomic E-state index is 0.570. The Balaban J connectivity index is 2.98. The Morgan fingerprint density at radius 1 is 1.56 bits per heavy atom. The van der Waals surface area contributed by atoms with E-state index >= 15 is 0 Å². The molecule has 0 aliphatic carbocycles. The van der Waals surface area contributed by atoms with Gasteiger partial charge in [-0.15, -0.1) is 0 Å². The molecule has 1 heterocycles. The van der Waals surface area contributed by atoms with Gasteiger partial charge in [0.2, 0.25) is 0 Å². The first-order valence-electron chi connectivity index (χ1n) is 5.26. The molecule has 0 unspecified atom stereocenters. The first-order chi connectivity index (χ1) is 7.61. The van der Waals surface area contributed by atoms with Crippen LogP contribution in [0.4, 0.5) is 11.5 Å². The molecular weight excluding hydrogens is 204 g/mol. The van der Waals surface area contributed by atoms with Crippen molar-refractivity contribution in [3.8, 4) is 6.07 Å². The monoisotopic (exact) mass is 222 g/mol. The first kappa shape index (κ1) is 12.4. The number of hydrogen-bond acceptors (Lipinski definition) is 4. The molecular formula is C11H18N4O. The standard InChI is InChI=1S/C11H18N4O/c1-4-16-6-5-15-9(8-12)7-10(13)11(15)14(2)3/h7H,4-6,13H2,1-3H3. The lowest BCUT2D eigenvalue weighted by Gasteiger charge is -2.17. The fraction of sp³-hybridized carbons (Fsp3) is 0.545. The number of nitriles is 1. The molecule has 1 aromatic rings. The van der Waals surface area contributed by atoms with Gasteiger partial charge in [-0.05, 0) is 13.0 Å². The zero-order valence-corrected chi connectivity index (χ0v) is 10.0. The van der Waals surface area contributed by atoms with Crippen molar-refractivity contribution < 1.29 is 4.74 Å². The SMILES string of the molecule is CCOCCn1c(C#N)cc(N)c1N(C)C. The molecule has 0 saturated carbocycles. The van der Waals surface area contributed by atoms with Crippen LogP contribution < -0.4 is 10.6 Å². The van der Waals surface area contributed by atoms with Gasteiger partial charge in [0, 0.05) is 27.2 Å². The highest BCUT2D eigenvalue weighted by Crippen LogP contribution is 2.25. The number of nitrogen functional groups attached to an aromatic ring is 1. The molecule has 0 fully saturated rings. The van der Waals surface area contributed by atoms with Crippen LogP contribution in [0.5, 0.6) is 0 Å². The van der Waals surface area contributed by atoms with Crippen LogP contribution in [0.2, 0.25) is 0 Å². The topological polar surface area (TPSA) is 67.2 Å². The van der Waals surface area contributed by atoms with Gasteiger partial charge in [0.25, 0.3) is 0 Å². The zero-order chi connectivity index (χ0) is 12.1. The van der Waals surface area contributed by atoms with Crippen LogP contribution in [0.3, 0.4) is 0 Å². The Hall–Kier alpha value is -1.67. The summed E-state index contributed by atoms with van der Waals surface area (Å²) < 4.78 is 7.17. The summed E-state index contributed by atoms with van der Waals surface area (Å²) in [6, 6.07) is 3.84. The van der Waals surface area contributed by atoms with E-state index < -0.39 is 0 Å². The second-order valence-corrected chi connectivity index (χ2v) is 3.66. The van der Waals surface area contributed by atoms with Crippen molar-refractivity contribution in [2.45, 2.75) is 13.5 Å². The predicted octanol–water partition coefficient (Wildman–Crippen LogP) is 1.04. The van der Waals surface area contributed by atoms with Crippen LogP contribution in [0.25, 0.3) is 0 Å². The van der Waals surface area contributed by atoms with E-state index in [0.29, 0.717) is 31.1 Å². The van der Waals surface area contributed by atoms with E-state index in [2.05, 4.69) is 6.07 Å². The van der Waals surface area contributed by atoms with Crippen molar-refractivity contribution in [2.75, 3.05) is 37.9 Å². The maximum Gasteiger partial charge on any atom is 0.132 e. The van der Waals surface area contributed by atoms with Crippen molar-refractivity contribution >= 4 is 11.5 Å². The van der Waals surface area contributed by atoms with E-state index in [9.17, 15) is 0 Å². The van der Waals surface area contributed by atoms with E-state index in [1.165, 1.54) is 0 Å². The maximum atomic E-state index is 9.01. The molecule has 0 bridgehead atoms. The molecule has 0 aromatic carbocycles. The van der Waals surface area contributed by atoms with Gasteiger partial charge in [0.05, 0.1) is 12.3 Å². The van der Waals surface area contributed by atoms with E-state index in [1.54, 1.807) is 6.07 Å². The van der Waals surface area contributed by atoms with E-state index in [-0.39, 0.29) is 0 Å². The van der Waals surface area contributed by atoms with Gasteiger partial charge in [-0.25, -0.2) is 0 Å². The largest absolute Gasteiger partial charge is 0.396 e. The highest BCUT2D eigenvalue weighted by atomic mass is 16.5. The fourth-order valence-electron chi connectivity index (χ4n) is 1.68. The summed E-state index contributed by atoms with van der Waals surface area (Å²) in [6.07, 6.45) is 0. The average Bonchev–Trinajstić information content (AvgIpc) is 2.55. The van der Waals surface area contributed by atoms with Crippen molar-refractivity contribution in [3.05, 3.63) is 11.8 Å². The molecule has 5 nitrogen and oxygen atoms in total. The number of nitrogens with zero attached hydrogens (tertiary/aromatic N) is 3. The lowest BCUT2D eigenvalue weighted by Crippen LogP contribution is -2.18. The summed E-state index contributed by atoms with van der Waals surface area (Å²) in [4.78, 5) is 1.90. The van der Waals surface area contributed by atoms with Gasteiger partial charge in [0.1, 0.15) is 17.6 Å². The molecule has 0 spiro atoms. The Kier molecular flexibility index (Phi) is 4.20. The molecule has 0 saturated heterocycles. The summed E-state index contributed by atoms with van der Waals surface area (Å²) in [5, 5.41) is 9.01. The first-order valence-corrected chi connectivity index (χ1v) is 5.26. The van der Waals surface area contributed by atoms with Crippen LogP contribution in [0.15, 0.2) is 6.07 Å². The number of hydrogen-bond donors (Lipinski definition) is 1. The highest BCUT2D eigenvalue weighted by Gasteiger charge is 2.14. The van der Waals surface area contributed by atoms with Gasteiger partial charge in [0.15, 0.2) is 0 Å². The lowest BCUT2D eigenvalue weighted by molar-refractivity contribution is 0.139. The van der Waals surface area contributed by atoms with Gasteiger partial charge in [-0.1, -0.05) is 0 Å². The maximum absolute atomic E-state index is 9.01. The Bertz CT molecular complexity index is 389. The number of rotatable bonds is 5. The molecule has 16 heavy (non-hydrogen) atoms. The predicted molar refractivity (Wildman–Crippen MR) is 64.4 cm³/mol. The third kappa shape index (κ3) is 2.47. The molecule has 0 atom stereocenters. The van der Waals surface area contributed by atoms with Crippen molar-refractivity contribution in [1.29, 1.82) is 5.26 Å². The molecule has 1 aromatic heterocycles. The van der Waals surface area contributed by atoms with Gasteiger partial charge >= 0.3 is 0 Å². The Morgan fingerprint density at radius 3 is 2.75 bits per heavy atom. The number of ether oxygens (including phenoxy) is 1. The van der Waals surface area contributed by atoms with Crippen molar-refractivity contribution in [1.82, 2.24) is 4.57 Å². The summed E-state index contributed by atoms with van der Waals surface area (Å²) in [7, 11) is 3.81. The zero-order valence-electron chi connectivity index (χ0n) is 10.0. The minimum atomic E-state index is 0.570. The van der Waals surface area contributed by atoms with Crippen LogP contribution in [0, 0.1) is 11.3 Å². The molecule has 0 aliphatic rings. The number of aromatic nitrogens is 1. The number of nitrogens with two attached hydrogens (primary N) is 1. The average molecular weight is 222 g/mol. The molecule has 88 valence electrons. The third-order valence-corrected chi connectivity index (χ3v) is 2.30. The quantitative estimate of drug-likeness (QED) is 0.756. The summed E-state index contributed by atoms with van der Waals surface area (Å²) in [5.74, 6) is 0.858. The Labute approximate surface area is 96.0 Å². The second-order valence-electron chi connectivity index (χ2n) is 3.66. The third-order valence-electron chi connectivity index (χ3n) is 2.30. The molecule has 5 heteroatoms. The van der Waals surface area contributed by atoms with Gasteiger partial charge < -0.3 is 19.9 Å². The van der Waals surface area contributed by atoms with E-state index in [1.807, 2.05) is 30.5 Å². The van der Waals surface area contributed by atoms with Crippen molar-refractivity contribution in [2.24, 2.45) is 0 Å². The number of anilines is 2. The van der Waals surface area contributed by atoms with Gasteiger partial charge in [-0.2, -0.15) is 5.26 Å². The highest BCUT2D eigenvalue weighted by molar-refractivity contribution is 5.67. The van der Waals surface area contributed by atoms with Gasteiger partial charge in [-0.3, -0.25) is 0 Å². The molecule has 2 N–H and O–H groups in total. The van der Waals surface area contributed by atoms with Crippen molar-refractivity contribution in [3.63, 3.8) is 0 Å². The van der Waals surface area contributed by atoms with E-state index in [0.717, 1.165) is 5.82 Å². The molecule has 0 amide bonds. The smallest absolute Gasteiger partial charge is 0.132 e. The molecule has 0 aliphatic heterocycles. The molecule has 1 rings (SSSR count). The molecule has 0 radical (unpaired) electrons.